The molecule has 0 radical (unpaired) electrons. The first-order valence-electron chi connectivity index (χ1n) is 7.59. The Balaban J connectivity index is 2.96. The molecule has 1 aliphatic rings. The van der Waals surface area contributed by atoms with Crippen LogP contribution in [-0.2, 0) is 31.8 Å². The summed E-state index contributed by atoms with van der Waals surface area (Å²) < 4.78 is 51.7. The second kappa shape index (κ2) is 13.1. The molecular formula is C9H25N3O12P4. The predicted molar refractivity (Wildman–Crippen MR) is 97.3 cm³/mol. The summed E-state index contributed by atoms with van der Waals surface area (Å²) in [6.45, 7) is 0.988. The monoisotopic (exact) mass is 491 g/mol. The molecule has 0 saturated carbocycles. The molecule has 15 nitrogen and oxygen atoms in total. The van der Waals surface area contributed by atoms with Gasteiger partial charge in [0, 0.05) is 18.6 Å². The Morgan fingerprint density at radius 1 is 0.929 bits per heavy atom. The number of hydrogen-bond donors (Lipinski definition) is 5. The van der Waals surface area contributed by atoms with E-state index in [1.807, 2.05) is 0 Å². The fourth-order valence-electron chi connectivity index (χ4n) is 2.67. The van der Waals surface area contributed by atoms with Crippen molar-refractivity contribution < 1.29 is 56.3 Å². The van der Waals surface area contributed by atoms with Crippen LogP contribution in [0.3, 0.4) is 0 Å². The summed E-state index contributed by atoms with van der Waals surface area (Å²) in [7, 11) is -12.4. The van der Waals surface area contributed by atoms with Crippen molar-refractivity contribution in [2.24, 2.45) is 0 Å². The minimum atomic E-state index is -3.28. The van der Waals surface area contributed by atoms with Gasteiger partial charge in [-0.2, -0.15) is 0 Å². The zero-order valence-corrected chi connectivity index (χ0v) is 18.7. The van der Waals surface area contributed by atoms with E-state index < -0.39 is 45.6 Å². The Labute approximate surface area is 164 Å². The molecule has 1 saturated heterocycles. The van der Waals surface area contributed by atoms with Crippen molar-refractivity contribution in [2.45, 2.75) is 12.5 Å². The van der Waals surface area contributed by atoms with E-state index in [9.17, 15) is 13.7 Å². The van der Waals surface area contributed by atoms with Crippen molar-refractivity contribution in [3.8, 4) is 0 Å². The van der Waals surface area contributed by atoms with Crippen LogP contribution in [0.25, 0.3) is 0 Å². The predicted octanol–water partition coefficient (Wildman–Crippen LogP) is -1.12. The lowest BCUT2D eigenvalue weighted by molar-refractivity contribution is -0.115. The molecule has 28 heavy (non-hydrogen) atoms. The van der Waals surface area contributed by atoms with Gasteiger partial charge in [-0.25, -0.2) is 4.90 Å². The van der Waals surface area contributed by atoms with Crippen molar-refractivity contribution in [1.29, 1.82) is 0 Å². The Kier molecular flexibility index (Phi) is 12.5. The second-order valence-electron chi connectivity index (χ2n) is 5.97. The van der Waals surface area contributed by atoms with Crippen LogP contribution in [-0.4, -0.2) is 91.4 Å². The minimum absolute atomic E-state index is 0.165. The first-order valence-corrected chi connectivity index (χ1v) is 12.5. The van der Waals surface area contributed by atoms with E-state index in [1.54, 1.807) is 16.7 Å². The Bertz CT molecular complexity index is 530. The smallest absolute Gasteiger partial charge is 0.328 e. The van der Waals surface area contributed by atoms with Gasteiger partial charge in [-0.05, 0) is 6.92 Å². The molecule has 168 valence electrons. The molecule has 1 aliphatic heterocycles. The van der Waals surface area contributed by atoms with Gasteiger partial charge in [0.1, 0.15) is 26.9 Å². The molecule has 1 heterocycles. The lowest BCUT2D eigenvalue weighted by Gasteiger charge is -2.50. The first-order chi connectivity index (χ1) is 13.0. The van der Waals surface area contributed by atoms with E-state index in [0.29, 0.717) is 0 Å². The molecule has 0 aliphatic carbocycles. The highest BCUT2D eigenvalue weighted by Gasteiger charge is 2.40. The van der Waals surface area contributed by atoms with E-state index in [4.69, 9.17) is 42.6 Å². The molecule has 0 spiro atoms. The fourth-order valence-corrected chi connectivity index (χ4v) is 3.76. The van der Waals surface area contributed by atoms with Gasteiger partial charge >= 0.3 is 33.4 Å². The molecule has 5 N–H and O–H groups in total. The molecule has 0 aromatic heterocycles. The largest absolute Gasteiger partial charge is 0.328 e. The van der Waals surface area contributed by atoms with Crippen LogP contribution in [0.2, 0.25) is 0 Å². The van der Waals surface area contributed by atoms with Gasteiger partial charge in [-0.3, -0.25) is 41.6 Å². The first kappa shape index (κ1) is 26.7. The van der Waals surface area contributed by atoms with Crippen molar-refractivity contribution >= 4 is 33.4 Å². The molecule has 0 bridgehead atoms. The van der Waals surface area contributed by atoms with Crippen LogP contribution in [0.1, 0.15) is 6.92 Å². The van der Waals surface area contributed by atoms with Gasteiger partial charge < -0.3 is 24.5 Å². The number of rotatable bonds is 13. The topological polar surface area (TPSA) is 199 Å². The highest BCUT2D eigenvalue weighted by atomic mass is 31.2. The lowest BCUT2D eigenvalue weighted by atomic mass is 9.97. The summed E-state index contributed by atoms with van der Waals surface area (Å²) in [6, 6.07) is 0. The van der Waals surface area contributed by atoms with Crippen LogP contribution in [0.15, 0.2) is 0 Å². The second-order valence-corrected chi connectivity index (χ2v) is 9.19. The summed E-state index contributed by atoms with van der Waals surface area (Å²) in [5.74, 6) is 0. The average Bonchev–Trinajstić information content (AvgIpc) is 2.57. The van der Waals surface area contributed by atoms with Crippen molar-refractivity contribution in [2.75, 3.05) is 46.7 Å². The molecule has 0 aromatic carbocycles. The fraction of sp³-hybridized carbons (Fsp3) is 1.00. The average molecular weight is 491 g/mol. The van der Waals surface area contributed by atoms with E-state index >= 15 is 0 Å². The van der Waals surface area contributed by atoms with Gasteiger partial charge in [0.25, 0.3) is 0 Å². The molecule has 3 atom stereocenters. The molecule has 0 amide bonds. The highest BCUT2D eigenvalue weighted by molar-refractivity contribution is 7.39. The Hall–Kier alpha value is 0.640. The van der Waals surface area contributed by atoms with Crippen LogP contribution in [0, 0.1) is 0 Å². The van der Waals surface area contributed by atoms with E-state index in [2.05, 4.69) is 0 Å². The maximum Gasteiger partial charge on any atom is 0.328 e. The van der Waals surface area contributed by atoms with Crippen LogP contribution in [0.4, 0.5) is 0 Å². The highest BCUT2D eigenvalue weighted by Crippen LogP contribution is 2.31. The third kappa shape index (κ3) is 10.6. The van der Waals surface area contributed by atoms with Gasteiger partial charge in [0.05, 0.1) is 6.67 Å². The standard InChI is InChI=1S/C9H25N3O12P4/c1-9(12(7-23-27(17)18)8-24-28(19)20)2-10(5-21-25(13)14)4-11(3-9)6-22-26(15)16/h17-18,25-26,28H,2-8H2,1H3,(H,13,14)(H,15,16)(H,19,20). The zero-order valence-electron chi connectivity index (χ0n) is 14.8. The molecule has 19 heteroatoms. The van der Waals surface area contributed by atoms with Crippen LogP contribution < -0.4 is 0 Å². The van der Waals surface area contributed by atoms with Gasteiger partial charge in [0.15, 0.2) is 0 Å². The zero-order chi connectivity index (χ0) is 21.3. The van der Waals surface area contributed by atoms with Crippen molar-refractivity contribution in [1.82, 2.24) is 14.7 Å². The molecule has 0 aromatic rings. The van der Waals surface area contributed by atoms with Gasteiger partial charge in [-0.1, -0.05) is 0 Å². The van der Waals surface area contributed by atoms with Crippen LogP contribution >= 0.6 is 33.4 Å². The maximum absolute atomic E-state index is 10.9. The van der Waals surface area contributed by atoms with Crippen LogP contribution in [0.5, 0.6) is 0 Å². The third-order valence-electron chi connectivity index (χ3n) is 3.71. The van der Waals surface area contributed by atoms with E-state index in [1.165, 1.54) is 4.90 Å². The normalized spacial score (nSPS) is 25.3. The maximum atomic E-state index is 10.9. The molecule has 1 fully saturated rings. The number of nitrogens with zero attached hydrogens (tertiary/aromatic N) is 3. The Morgan fingerprint density at radius 3 is 1.79 bits per heavy atom. The summed E-state index contributed by atoms with van der Waals surface area (Å²) >= 11 is 0. The van der Waals surface area contributed by atoms with E-state index in [-0.39, 0.29) is 40.0 Å². The summed E-state index contributed by atoms with van der Waals surface area (Å²) in [6.07, 6.45) is 0. The van der Waals surface area contributed by atoms with E-state index in [0.717, 1.165) is 0 Å². The number of hydrogen-bond acceptors (Lipinski definition) is 12. The quantitative estimate of drug-likeness (QED) is 0.153. The van der Waals surface area contributed by atoms with Crippen molar-refractivity contribution in [3.05, 3.63) is 0 Å². The lowest BCUT2D eigenvalue weighted by Crippen LogP contribution is -2.66. The third-order valence-corrected chi connectivity index (χ3v) is 5.18. The summed E-state index contributed by atoms with van der Waals surface area (Å²) in [5.41, 5.74) is -0.926. The Morgan fingerprint density at radius 2 is 1.39 bits per heavy atom. The molecular weight excluding hydrogens is 466 g/mol. The SMILES string of the molecule is CC1(N(COP(O)O)CO[PH](=O)O)CN(CO[PH](=O)O)CN(CO[PH](=O)O)C1. The summed E-state index contributed by atoms with van der Waals surface area (Å²) in [5, 5.41) is 0. The summed E-state index contributed by atoms with van der Waals surface area (Å²) in [4.78, 5) is 49.3. The molecule has 1 rings (SSSR count). The van der Waals surface area contributed by atoms with Crippen molar-refractivity contribution in [3.63, 3.8) is 0 Å². The minimum Gasteiger partial charge on any atom is -0.328 e. The molecule has 3 unspecified atom stereocenters. The van der Waals surface area contributed by atoms with Gasteiger partial charge in [0.2, 0.25) is 0 Å². The van der Waals surface area contributed by atoms with Gasteiger partial charge in [-0.15, -0.1) is 0 Å².